The maximum atomic E-state index is 13.8. The van der Waals surface area contributed by atoms with Crippen LogP contribution in [0.3, 0.4) is 0 Å². The maximum absolute atomic E-state index is 13.8. The fraction of sp³-hybridized carbons (Fsp3) is 0.261. The Hall–Kier alpha value is -3.68. The van der Waals surface area contributed by atoms with E-state index in [-0.39, 0.29) is 27.5 Å². The molecule has 0 bridgehead atoms. The Morgan fingerprint density at radius 1 is 0.974 bits per heavy atom. The number of rotatable bonds is 7. The molecule has 0 aliphatic heterocycles. The van der Waals surface area contributed by atoms with Gasteiger partial charge in [-0.2, -0.15) is 40.2 Å². The molecule has 2 N–H and O–H groups in total. The van der Waals surface area contributed by atoms with Crippen molar-refractivity contribution in [3.05, 3.63) is 81.6 Å². The first kappa shape index (κ1) is 28.9. The zero-order chi connectivity index (χ0) is 28.5. The Labute approximate surface area is 214 Å². The monoisotopic (exact) mass is 568 g/mol. The summed E-state index contributed by atoms with van der Waals surface area (Å²) in [6.07, 6.45) is -13.3. The predicted octanol–water partition coefficient (Wildman–Crippen LogP) is 5.86. The van der Waals surface area contributed by atoms with Gasteiger partial charge in [-0.25, -0.2) is 0 Å². The molecule has 2 aromatic carbocycles. The van der Waals surface area contributed by atoms with Crippen LogP contribution in [-0.4, -0.2) is 27.8 Å². The molecule has 38 heavy (non-hydrogen) atoms. The van der Waals surface area contributed by atoms with E-state index in [1.807, 2.05) is 0 Å². The van der Waals surface area contributed by atoms with E-state index in [1.165, 1.54) is 12.1 Å². The average molecular weight is 569 g/mol. The lowest BCUT2D eigenvalue weighted by Gasteiger charge is -2.19. The van der Waals surface area contributed by atoms with Gasteiger partial charge in [-0.15, -0.1) is 0 Å². The van der Waals surface area contributed by atoms with Crippen LogP contribution in [-0.2, 0) is 36.9 Å². The maximum Gasteiger partial charge on any atom is 0.459 e. The number of amides is 2. The van der Waals surface area contributed by atoms with Crippen LogP contribution in [0.5, 0.6) is 0 Å². The van der Waals surface area contributed by atoms with Gasteiger partial charge in [-0.1, -0.05) is 41.9 Å². The molecular formula is C23H17ClF8N4O2. The van der Waals surface area contributed by atoms with Crippen LogP contribution in [0.2, 0.25) is 5.02 Å². The number of nitrogens with zero attached hydrogens (tertiary/aromatic N) is 2. The van der Waals surface area contributed by atoms with Crippen molar-refractivity contribution >= 4 is 29.1 Å². The fourth-order valence-electron chi connectivity index (χ4n) is 3.42. The summed E-state index contributed by atoms with van der Waals surface area (Å²) in [7, 11) is 0.700. The van der Waals surface area contributed by atoms with Crippen molar-refractivity contribution in [2.45, 2.75) is 31.2 Å². The summed E-state index contributed by atoms with van der Waals surface area (Å²) in [6, 6.07) is 12.4. The van der Waals surface area contributed by atoms with Crippen molar-refractivity contribution < 1.29 is 44.7 Å². The van der Waals surface area contributed by atoms with E-state index in [9.17, 15) is 44.7 Å². The molecule has 0 unspecified atom stereocenters. The number of hydrogen-bond acceptors (Lipinski definition) is 3. The molecule has 204 valence electrons. The third-order valence-electron chi connectivity index (χ3n) is 5.22. The number of hydrogen-bond donors (Lipinski definition) is 2. The van der Waals surface area contributed by atoms with Gasteiger partial charge in [0.15, 0.2) is 5.69 Å². The molecule has 0 spiro atoms. The van der Waals surface area contributed by atoms with E-state index in [0.717, 1.165) is 11.6 Å². The highest BCUT2D eigenvalue weighted by Crippen LogP contribution is 2.48. The van der Waals surface area contributed by atoms with Crippen LogP contribution in [0.25, 0.3) is 0 Å². The Bertz CT molecular complexity index is 1340. The summed E-state index contributed by atoms with van der Waals surface area (Å²) < 4.78 is 107. The number of aromatic nitrogens is 2. The number of carbonyl (C=O) groups is 2. The number of benzene rings is 2. The smallest absolute Gasteiger partial charge is 0.348 e. The van der Waals surface area contributed by atoms with Gasteiger partial charge < -0.3 is 10.6 Å². The van der Waals surface area contributed by atoms with E-state index in [2.05, 4.69) is 15.7 Å². The zero-order valence-corrected chi connectivity index (χ0v) is 19.9. The van der Waals surface area contributed by atoms with Gasteiger partial charge in [0.2, 0.25) is 5.91 Å². The van der Waals surface area contributed by atoms with Gasteiger partial charge in [0.1, 0.15) is 5.56 Å². The second-order valence-electron chi connectivity index (χ2n) is 7.95. The molecule has 0 aliphatic carbocycles. The third kappa shape index (κ3) is 6.23. The molecule has 0 radical (unpaired) electrons. The molecule has 0 fully saturated rings. The quantitative estimate of drug-likeness (QED) is 0.351. The van der Waals surface area contributed by atoms with Crippen molar-refractivity contribution in [1.82, 2.24) is 15.1 Å². The van der Waals surface area contributed by atoms with Crippen LogP contribution in [0.1, 0.15) is 32.9 Å². The second-order valence-corrected chi connectivity index (χ2v) is 8.36. The molecule has 15 heteroatoms. The molecule has 2 amide bonds. The van der Waals surface area contributed by atoms with Gasteiger partial charge in [0.25, 0.3) is 5.91 Å². The van der Waals surface area contributed by atoms with E-state index in [0.29, 0.717) is 7.05 Å². The average Bonchev–Trinajstić information content (AvgIpc) is 3.15. The second kappa shape index (κ2) is 10.6. The van der Waals surface area contributed by atoms with E-state index >= 15 is 0 Å². The molecule has 0 aliphatic rings. The summed E-state index contributed by atoms with van der Waals surface area (Å²) in [4.78, 5) is 25.0. The van der Waals surface area contributed by atoms with Gasteiger partial charge in [0.05, 0.1) is 22.7 Å². The van der Waals surface area contributed by atoms with Crippen LogP contribution in [0, 0.1) is 0 Å². The van der Waals surface area contributed by atoms with E-state index in [4.69, 9.17) is 11.6 Å². The molecular weight excluding hydrogens is 552 g/mol. The number of anilines is 1. The van der Waals surface area contributed by atoms with E-state index < -0.39 is 53.5 Å². The number of nitrogens with one attached hydrogen (secondary N) is 2. The third-order valence-corrected chi connectivity index (χ3v) is 5.55. The summed E-state index contributed by atoms with van der Waals surface area (Å²) in [5, 5.41) is 7.51. The molecule has 1 aromatic heterocycles. The summed E-state index contributed by atoms with van der Waals surface area (Å²) in [6.45, 7) is 0.137. The number of alkyl halides is 8. The largest absolute Gasteiger partial charge is 0.459 e. The van der Waals surface area contributed by atoms with E-state index in [1.54, 1.807) is 30.3 Å². The number of aryl methyl sites for hydroxylation is 1. The Kier molecular flexibility index (Phi) is 8.05. The van der Waals surface area contributed by atoms with Gasteiger partial charge >= 0.3 is 18.3 Å². The number of carbonyl (C=O) groups excluding carboxylic acids is 2. The van der Waals surface area contributed by atoms with Crippen LogP contribution < -0.4 is 10.6 Å². The van der Waals surface area contributed by atoms with Crippen molar-refractivity contribution in [3.8, 4) is 0 Å². The Morgan fingerprint density at radius 2 is 1.61 bits per heavy atom. The molecule has 3 rings (SSSR count). The van der Waals surface area contributed by atoms with Crippen LogP contribution >= 0.6 is 11.6 Å². The molecule has 3 aromatic rings. The fourth-order valence-corrected chi connectivity index (χ4v) is 3.62. The van der Waals surface area contributed by atoms with Gasteiger partial charge in [0, 0.05) is 19.3 Å². The van der Waals surface area contributed by atoms with Crippen molar-refractivity contribution in [2.75, 3.05) is 5.32 Å². The van der Waals surface area contributed by atoms with Crippen LogP contribution in [0.4, 0.5) is 40.8 Å². The minimum Gasteiger partial charge on any atom is -0.348 e. The standard InChI is InChI=1S/C23H17ClF8N4O2/c1-36-16(18(22(27,28)29)19(35-36)21(25,26)23(30,31)32)10-17(37)34-13-7-8-15(24)14(9-13)20(38)33-11-12-5-3-2-4-6-12/h2-9H,10-11H2,1H3,(H,33,38)(H,34,37). The lowest BCUT2D eigenvalue weighted by molar-refractivity contribution is -0.292. The van der Waals surface area contributed by atoms with Crippen molar-refractivity contribution in [3.63, 3.8) is 0 Å². The Morgan fingerprint density at radius 3 is 2.18 bits per heavy atom. The first-order valence-electron chi connectivity index (χ1n) is 10.5. The Balaban J connectivity index is 1.83. The minimum absolute atomic E-state index is 0.0152. The molecule has 0 saturated heterocycles. The molecule has 0 saturated carbocycles. The highest BCUT2D eigenvalue weighted by atomic mass is 35.5. The van der Waals surface area contributed by atoms with Crippen molar-refractivity contribution in [2.24, 2.45) is 7.05 Å². The lowest BCUT2D eigenvalue weighted by Crippen LogP contribution is -2.36. The van der Waals surface area contributed by atoms with Crippen molar-refractivity contribution in [1.29, 1.82) is 0 Å². The zero-order valence-electron chi connectivity index (χ0n) is 19.1. The highest BCUT2D eigenvalue weighted by molar-refractivity contribution is 6.34. The van der Waals surface area contributed by atoms with Crippen LogP contribution in [0.15, 0.2) is 48.5 Å². The predicted molar refractivity (Wildman–Crippen MR) is 120 cm³/mol. The SMILES string of the molecule is Cn1nc(C(F)(F)C(F)(F)F)c(C(F)(F)F)c1CC(=O)Nc1ccc(Cl)c(C(=O)NCc2ccccc2)c1. The molecule has 1 heterocycles. The summed E-state index contributed by atoms with van der Waals surface area (Å²) in [5.41, 5.74) is -5.57. The molecule has 0 atom stereocenters. The molecule has 6 nitrogen and oxygen atoms in total. The first-order valence-corrected chi connectivity index (χ1v) is 10.9. The van der Waals surface area contributed by atoms with Gasteiger partial charge in [-0.05, 0) is 23.8 Å². The summed E-state index contributed by atoms with van der Waals surface area (Å²) in [5.74, 6) is -7.78. The lowest BCUT2D eigenvalue weighted by atomic mass is 10.0. The van der Waals surface area contributed by atoms with Gasteiger partial charge in [-0.3, -0.25) is 14.3 Å². The normalized spacial score (nSPS) is 12.4. The highest BCUT2D eigenvalue weighted by Gasteiger charge is 2.64. The first-order chi connectivity index (χ1) is 17.5. The number of halogens is 9. The minimum atomic E-state index is -6.36. The summed E-state index contributed by atoms with van der Waals surface area (Å²) >= 11 is 6.04. The topological polar surface area (TPSA) is 76.0 Å².